The first-order valence-electron chi connectivity index (χ1n) is 6.03. The zero-order valence-electron chi connectivity index (χ0n) is 10.8. The maximum atomic E-state index is 13.0. The molecule has 4 nitrogen and oxygen atoms in total. The van der Waals surface area contributed by atoms with E-state index in [4.69, 9.17) is 5.11 Å². The van der Waals surface area contributed by atoms with E-state index in [0.29, 0.717) is 5.56 Å². The van der Waals surface area contributed by atoms with E-state index in [1.165, 1.54) is 18.2 Å². The Bertz CT molecular complexity index is 684. The Hall–Kier alpha value is -2.76. The third-order valence-electron chi connectivity index (χ3n) is 2.84. The van der Waals surface area contributed by atoms with Crippen LogP contribution in [-0.2, 0) is 6.54 Å². The Morgan fingerprint density at radius 3 is 2.14 bits per heavy atom. The number of amides is 1. The summed E-state index contributed by atoms with van der Waals surface area (Å²) >= 11 is 0. The molecule has 0 heterocycles. The quantitative estimate of drug-likeness (QED) is 0.910. The normalized spacial score (nSPS) is 10.2. The number of hydrogen-bond donors (Lipinski definition) is 2. The number of carboxylic acid groups (broad SMARTS) is 1. The molecule has 1 amide bonds. The highest BCUT2D eigenvalue weighted by atomic mass is 19.2. The van der Waals surface area contributed by atoms with Crippen LogP contribution in [0.2, 0.25) is 0 Å². The van der Waals surface area contributed by atoms with Crippen LogP contribution < -0.4 is 5.32 Å². The summed E-state index contributed by atoms with van der Waals surface area (Å²) in [5.41, 5.74) is 0.845. The first-order valence-corrected chi connectivity index (χ1v) is 6.03. The summed E-state index contributed by atoms with van der Waals surface area (Å²) in [6.07, 6.45) is 0. The minimum Gasteiger partial charge on any atom is -0.478 e. The number of carboxylic acids is 1. The number of carbonyl (C=O) groups excluding carboxylic acids is 1. The molecule has 0 aliphatic heterocycles. The van der Waals surface area contributed by atoms with Crippen LogP contribution in [0.15, 0.2) is 42.5 Å². The van der Waals surface area contributed by atoms with Gasteiger partial charge >= 0.3 is 5.97 Å². The van der Waals surface area contributed by atoms with E-state index in [1.54, 1.807) is 12.1 Å². The van der Waals surface area contributed by atoms with Crippen molar-refractivity contribution in [1.29, 1.82) is 0 Å². The van der Waals surface area contributed by atoms with Gasteiger partial charge in [-0.1, -0.05) is 12.1 Å². The van der Waals surface area contributed by atoms with E-state index in [9.17, 15) is 18.4 Å². The molecule has 0 saturated carbocycles. The molecule has 2 aromatic carbocycles. The molecule has 108 valence electrons. The van der Waals surface area contributed by atoms with Crippen molar-refractivity contribution in [1.82, 2.24) is 5.32 Å². The lowest BCUT2D eigenvalue weighted by Crippen LogP contribution is -2.23. The highest BCUT2D eigenvalue weighted by Gasteiger charge is 2.09. The van der Waals surface area contributed by atoms with E-state index in [1.807, 2.05) is 0 Å². The molecule has 2 N–H and O–H groups in total. The lowest BCUT2D eigenvalue weighted by atomic mass is 10.1. The summed E-state index contributed by atoms with van der Waals surface area (Å²) in [4.78, 5) is 22.4. The molecule has 0 saturated heterocycles. The van der Waals surface area contributed by atoms with Gasteiger partial charge in [-0.25, -0.2) is 13.6 Å². The first kappa shape index (κ1) is 14.6. The Kier molecular flexibility index (Phi) is 4.27. The van der Waals surface area contributed by atoms with Crippen LogP contribution in [-0.4, -0.2) is 17.0 Å². The number of nitrogens with one attached hydrogen (secondary N) is 1. The van der Waals surface area contributed by atoms with Crippen molar-refractivity contribution >= 4 is 11.9 Å². The molecule has 2 aromatic rings. The first-order chi connectivity index (χ1) is 9.97. The summed E-state index contributed by atoms with van der Waals surface area (Å²) in [6.45, 7) is 0.151. The lowest BCUT2D eigenvalue weighted by Gasteiger charge is -2.06. The predicted molar refractivity (Wildman–Crippen MR) is 70.9 cm³/mol. The van der Waals surface area contributed by atoms with Gasteiger partial charge in [-0.3, -0.25) is 4.79 Å². The van der Waals surface area contributed by atoms with Crippen molar-refractivity contribution in [2.45, 2.75) is 6.54 Å². The average Bonchev–Trinajstić information content (AvgIpc) is 2.48. The molecule has 0 radical (unpaired) electrons. The van der Waals surface area contributed by atoms with Gasteiger partial charge in [0.2, 0.25) is 0 Å². The SMILES string of the molecule is O=C(O)c1ccc(CNC(=O)c2ccc(F)c(F)c2)cc1. The average molecular weight is 291 g/mol. The van der Waals surface area contributed by atoms with Gasteiger partial charge in [-0.05, 0) is 35.9 Å². The smallest absolute Gasteiger partial charge is 0.335 e. The molecule has 0 aliphatic carbocycles. The zero-order chi connectivity index (χ0) is 15.4. The van der Waals surface area contributed by atoms with Crippen molar-refractivity contribution in [2.24, 2.45) is 0 Å². The van der Waals surface area contributed by atoms with Crippen LogP contribution in [0.4, 0.5) is 8.78 Å². The van der Waals surface area contributed by atoms with Gasteiger partial charge < -0.3 is 10.4 Å². The fraction of sp³-hybridized carbons (Fsp3) is 0.0667. The van der Waals surface area contributed by atoms with Gasteiger partial charge in [-0.15, -0.1) is 0 Å². The number of hydrogen-bond acceptors (Lipinski definition) is 2. The van der Waals surface area contributed by atoms with Crippen molar-refractivity contribution in [3.63, 3.8) is 0 Å². The Morgan fingerprint density at radius 2 is 1.57 bits per heavy atom. The summed E-state index contributed by atoms with van der Waals surface area (Å²) in [5.74, 6) is -3.69. The molecular formula is C15H11F2NO3. The highest BCUT2D eigenvalue weighted by Crippen LogP contribution is 2.09. The maximum Gasteiger partial charge on any atom is 0.335 e. The fourth-order valence-electron chi connectivity index (χ4n) is 1.69. The van der Waals surface area contributed by atoms with Gasteiger partial charge in [0.05, 0.1) is 5.56 Å². The van der Waals surface area contributed by atoms with Gasteiger partial charge in [-0.2, -0.15) is 0 Å². The van der Waals surface area contributed by atoms with Crippen LogP contribution in [0.5, 0.6) is 0 Å². The van der Waals surface area contributed by atoms with E-state index in [-0.39, 0.29) is 17.7 Å². The largest absolute Gasteiger partial charge is 0.478 e. The van der Waals surface area contributed by atoms with Gasteiger partial charge in [0.25, 0.3) is 5.91 Å². The third kappa shape index (κ3) is 3.62. The van der Waals surface area contributed by atoms with E-state index in [0.717, 1.165) is 12.1 Å². The molecular weight excluding hydrogens is 280 g/mol. The molecule has 2 rings (SSSR count). The predicted octanol–water partition coefficient (Wildman–Crippen LogP) is 2.59. The summed E-state index contributed by atoms with van der Waals surface area (Å²) in [5, 5.41) is 11.3. The minimum atomic E-state index is -1.09. The van der Waals surface area contributed by atoms with Crippen LogP contribution in [0.25, 0.3) is 0 Å². The van der Waals surface area contributed by atoms with Crippen LogP contribution >= 0.6 is 0 Å². The number of carbonyl (C=O) groups is 2. The van der Waals surface area contributed by atoms with Crippen LogP contribution in [0.1, 0.15) is 26.3 Å². The second-order valence-corrected chi connectivity index (χ2v) is 4.31. The molecule has 0 aromatic heterocycles. The fourth-order valence-corrected chi connectivity index (χ4v) is 1.69. The van der Waals surface area contributed by atoms with Crippen LogP contribution in [0, 0.1) is 11.6 Å². The topological polar surface area (TPSA) is 66.4 Å². The van der Waals surface area contributed by atoms with Crippen molar-refractivity contribution in [3.05, 3.63) is 70.8 Å². The Balaban J connectivity index is 2.00. The molecule has 0 unspecified atom stereocenters. The number of aromatic carboxylic acids is 1. The second kappa shape index (κ2) is 6.13. The number of halogens is 2. The number of benzene rings is 2. The van der Waals surface area contributed by atoms with Gasteiger partial charge in [0.1, 0.15) is 0 Å². The molecule has 0 atom stereocenters. The monoisotopic (exact) mass is 291 g/mol. The third-order valence-corrected chi connectivity index (χ3v) is 2.84. The minimum absolute atomic E-state index is 0.0102. The Labute approximate surface area is 119 Å². The summed E-state index contributed by atoms with van der Waals surface area (Å²) in [7, 11) is 0. The van der Waals surface area contributed by atoms with Gasteiger partial charge in [0.15, 0.2) is 11.6 Å². The van der Waals surface area contributed by atoms with E-state index < -0.39 is 23.5 Å². The molecule has 21 heavy (non-hydrogen) atoms. The molecule has 0 bridgehead atoms. The highest BCUT2D eigenvalue weighted by molar-refractivity contribution is 5.94. The number of rotatable bonds is 4. The van der Waals surface area contributed by atoms with Gasteiger partial charge in [0, 0.05) is 12.1 Å². The van der Waals surface area contributed by atoms with Crippen molar-refractivity contribution in [2.75, 3.05) is 0 Å². The molecule has 0 fully saturated rings. The van der Waals surface area contributed by atoms with Crippen LogP contribution in [0.3, 0.4) is 0 Å². The van der Waals surface area contributed by atoms with E-state index >= 15 is 0 Å². The molecule has 0 aliphatic rings. The molecule has 6 heteroatoms. The second-order valence-electron chi connectivity index (χ2n) is 4.31. The molecule has 0 spiro atoms. The van der Waals surface area contributed by atoms with Crippen molar-refractivity contribution < 1.29 is 23.5 Å². The standard InChI is InChI=1S/C15H11F2NO3/c16-12-6-5-11(7-13(12)17)14(19)18-8-9-1-3-10(4-2-9)15(20)21/h1-7H,8H2,(H,18,19)(H,20,21). The zero-order valence-corrected chi connectivity index (χ0v) is 10.8. The Morgan fingerprint density at radius 1 is 0.952 bits per heavy atom. The summed E-state index contributed by atoms with van der Waals surface area (Å²) < 4.78 is 25.8. The lowest BCUT2D eigenvalue weighted by molar-refractivity contribution is 0.0696. The van der Waals surface area contributed by atoms with Crippen molar-refractivity contribution in [3.8, 4) is 0 Å². The summed E-state index contributed by atoms with van der Waals surface area (Å²) in [6, 6.07) is 8.85. The van der Waals surface area contributed by atoms with E-state index in [2.05, 4.69) is 5.32 Å². The maximum absolute atomic E-state index is 13.0.